The minimum absolute atomic E-state index is 0.199. The lowest BCUT2D eigenvalue weighted by atomic mass is 10.1. The molecule has 4 aromatic rings. The summed E-state index contributed by atoms with van der Waals surface area (Å²) < 4.78 is 1.36. The highest BCUT2D eigenvalue weighted by molar-refractivity contribution is 7.15. The van der Waals surface area contributed by atoms with Crippen molar-refractivity contribution in [2.45, 2.75) is 26.8 Å². The first-order valence-electron chi connectivity index (χ1n) is 10.2. The summed E-state index contributed by atoms with van der Waals surface area (Å²) in [7, 11) is 0. The van der Waals surface area contributed by atoms with Gasteiger partial charge in [-0.1, -0.05) is 44.2 Å². The molecule has 2 aromatic carbocycles. The standard InChI is InChI=1S/C24H21N5O2S/c1-15(2)14-29-23(31)20-6-4-3-5-19(20)21(28-29)22(30)27-24-26-13-18(32-24)11-16-7-9-17(12-25)10-8-16/h3-10,13,15H,11,14H2,1-2H3,(H,26,27,30). The molecule has 0 saturated carbocycles. The molecule has 0 aliphatic heterocycles. The number of fused-ring (bicyclic) bond motifs is 1. The molecule has 0 spiro atoms. The van der Waals surface area contributed by atoms with Gasteiger partial charge >= 0.3 is 0 Å². The molecule has 4 rings (SSSR count). The zero-order valence-electron chi connectivity index (χ0n) is 17.7. The van der Waals surface area contributed by atoms with Crippen LogP contribution in [0.1, 0.15) is 40.3 Å². The van der Waals surface area contributed by atoms with Crippen molar-refractivity contribution in [3.63, 3.8) is 0 Å². The van der Waals surface area contributed by atoms with Gasteiger partial charge in [0.15, 0.2) is 10.8 Å². The summed E-state index contributed by atoms with van der Waals surface area (Å²) in [6.45, 7) is 4.41. The second-order valence-corrected chi connectivity index (χ2v) is 8.96. The summed E-state index contributed by atoms with van der Waals surface area (Å²) >= 11 is 1.38. The molecule has 1 N–H and O–H groups in total. The van der Waals surface area contributed by atoms with Gasteiger partial charge in [0.25, 0.3) is 11.5 Å². The molecule has 2 aromatic heterocycles. The van der Waals surface area contributed by atoms with Crippen molar-refractivity contribution < 1.29 is 4.79 Å². The highest BCUT2D eigenvalue weighted by atomic mass is 32.1. The van der Waals surface area contributed by atoms with Crippen LogP contribution in [0.2, 0.25) is 0 Å². The number of nitriles is 1. The van der Waals surface area contributed by atoms with Gasteiger partial charge in [0, 0.05) is 29.4 Å². The van der Waals surface area contributed by atoms with Crippen LogP contribution in [0, 0.1) is 17.2 Å². The number of carbonyl (C=O) groups excluding carboxylic acids is 1. The molecule has 0 radical (unpaired) electrons. The van der Waals surface area contributed by atoms with Crippen LogP contribution < -0.4 is 10.9 Å². The molecule has 2 heterocycles. The largest absolute Gasteiger partial charge is 0.296 e. The van der Waals surface area contributed by atoms with E-state index >= 15 is 0 Å². The predicted molar refractivity (Wildman–Crippen MR) is 125 cm³/mol. The fourth-order valence-electron chi connectivity index (χ4n) is 3.37. The quantitative estimate of drug-likeness (QED) is 0.481. The number of anilines is 1. The Balaban J connectivity index is 1.58. The molecule has 8 heteroatoms. The molecule has 7 nitrogen and oxygen atoms in total. The molecular weight excluding hydrogens is 422 g/mol. The van der Waals surface area contributed by atoms with E-state index in [1.165, 1.54) is 16.0 Å². The first kappa shape index (κ1) is 21.4. The fraction of sp³-hybridized carbons (Fsp3) is 0.208. The van der Waals surface area contributed by atoms with Crippen LogP contribution >= 0.6 is 11.3 Å². The Kier molecular flexibility index (Phi) is 6.10. The second-order valence-electron chi connectivity index (χ2n) is 7.85. The summed E-state index contributed by atoms with van der Waals surface area (Å²) in [6, 6.07) is 16.5. The van der Waals surface area contributed by atoms with E-state index in [-0.39, 0.29) is 17.2 Å². The summed E-state index contributed by atoms with van der Waals surface area (Å²) in [4.78, 5) is 31.1. The minimum Gasteiger partial charge on any atom is -0.296 e. The van der Waals surface area contributed by atoms with Gasteiger partial charge in [-0.25, -0.2) is 9.67 Å². The number of nitrogens with one attached hydrogen (secondary N) is 1. The van der Waals surface area contributed by atoms with E-state index in [0.29, 0.717) is 34.4 Å². The summed E-state index contributed by atoms with van der Waals surface area (Å²) in [6.07, 6.45) is 2.38. The van der Waals surface area contributed by atoms with Crippen molar-refractivity contribution in [3.8, 4) is 6.07 Å². The van der Waals surface area contributed by atoms with Crippen LogP contribution in [-0.4, -0.2) is 20.7 Å². The Hall–Kier alpha value is -3.83. The molecule has 0 fully saturated rings. The van der Waals surface area contributed by atoms with Gasteiger partial charge in [-0.05, 0) is 29.7 Å². The number of hydrogen-bond donors (Lipinski definition) is 1. The first-order chi connectivity index (χ1) is 15.4. The van der Waals surface area contributed by atoms with Gasteiger partial charge in [-0.2, -0.15) is 10.4 Å². The van der Waals surface area contributed by atoms with Gasteiger partial charge in [0.05, 0.1) is 17.0 Å². The lowest BCUT2D eigenvalue weighted by molar-refractivity contribution is 0.102. The molecule has 0 atom stereocenters. The van der Waals surface area contributed by atoms with Gasteiger partial charge in [0.2, 0.25) is 0 Å². The number of hydrogen-bond acceptors (Lipinski definition) is 6. The third-order valence-electron chi connectivity index (χ3n) is 4.86. The van der Waals surface area contributed by atoms with E-state index in [1.54, 1.807) is 42.6 Å². The van der Waals surface area contributed by atoms with Crippen molar-refractivity contribution in [1.29, 1.82) is 5.26 Å². The van der Waals surface area contributed by atoms with E-state index in [0.717, 1.165) is 10.4 Å². The number of nitrogens with zero attached hydrogens (tertiary/aromatic N) is 4. The molecule has 0 bridgehead atoms. The number of carbonyl (C=O) groups is 1. The number of benzene rings is 2. The highest BCUT2D eigenvalue weighted by Gasteiger charge is 2.18. The van der Waals surface area contributed by atoms with E-state index in [2.05, 4.69) is 21.5 Å². The molecule has 0 aliphatic rings. The molecular formula is C24H21N5O2S. The molecule has 1 amide bonds. The van der Waals surface area contributed by atoms with Crippen molar-refractivity contribution in [3.05, 3.63) is 86.8 Å². The monoisotopic (exact) mass is 443 g/mol. The maximum absolute atomic E-state index is 13.1. The summed E-state index contributed by atoms with van der Waals surface area (Å²) in [5.74, 6) is -0.195. The maximum Gasteiger partial charge on any atom is 0.278 e. The lowest BCUT2D eigenvalue weighted by Gasteiger charge is -2.12. The van der Waals surface area contributed by atoms with E-state index in [9.17, 15) is 9.59 Å². The van der Waals surface area contributed by atoms with Crippen molar-refractivity contribution in [1.82, 2.24) is 14.8 Å². The average molecular weight is 444 g/mol. The smallest absolute Gasteiger partial charge is 0.278 e. The molecule has 0 unspecified atom stereocenters. The molecule has 0 saturated heterocycles. The topological polar surface area (TPSA) is 101 Å². The number of aromatic nitrogens is 3. The Morgan fingerprint density at radius 3 is 2.56 bits per heavy atom. The van der Waals surface area contributed by atoms with E-state index in [1.807, 2.05) is 26.0 Å². The van der Waals surface area contributed by atoms with Gasteiger partial charge in [-0.3, -0.25) is 14.9 Å². The van der Waals surface area contributed by atoms with Gasteiger partial charge < -0.3 is 0 Å². The number of thiazole rings is 1. The van der Waals surface area contributed by atoms with Crippen LogP contribution in [0.15, 0.2) is 59.5 Å². The summed E-state index contributed by atoms with van der Waals surface area (Å²) in [5, 5.41) is 17.6. The minimum atomic E-state index is -0.405. The SMILES string of the molecule is CC(C)Cn1nc(C(=O)Nc2ncc(Cc3ccc(C#N)cc3)s2)c2ccccc2c1=O. The third-order valence-corrected chi connectivity index (χ3v) is 5.77. The van der Waals surface area contributed by atoms with Gasteiger partial charge in [0.1, 0.15) is 0 Å². The van der Waals surface area contributed by atoms with Crippen molar-refractivity contribution in [2.24, 2.45) is 5.92 Å². The van der Waals surface area contributed by atoms with Crippen LogP contribution in [0.4, 0.5) is 5.13 Å². The van der Waals surface area contributed by atoms with Gasteiger partial charge in [-0.15, -0.1) is 11.3 Å². The maximum atomic E-state index is 13.1. The van der Waals surface area contributed by atoms with Crippen molar-refractivity contribution >= 4 is 33.1 Å². The van der Waals surface area contributed by atoms with E-state index in [4.69, 9.17) is 5.26 Å². The van der Waals surface area contributed by atoms with Crippen LogP contribution in [0.3, 0.4) is 0 Å². The second kappa shape index (κ2) is 9.12. The van der Waals surface area contributed by atoms with Crippen LogP contribution in [0.5, 0.6) is 0 Å². The van der Waals surface area contributed by atoms with Crippen molar-refractivity contribution in [2.75, 3.05) is 5.32 Å². The van der Waals surface area contributed by atoms with Crippen LogP contribution in [-0.2, 0) is 13.0 Å². The first-order valence-corrected chi connectivity index (χ1v) is 11.0. The predicted octanol–water partition coefficient (Wildman–Crippen LogP) is 4.22. The molecule has 160 valence electrons. The Bertz CT molecular complexity index is 1380. The zero-order valence-corrected chi connectivity index (χ0v) is 18.5. The average Bonchev–Trinajstić information content (AvgIpc) is 3.22. The normalized spacial score (nSPS) is 10.9. The van der Waals surface area contributed by atoms with E-state index < -0.39 is 5.91 Å². The Morgan fingerprint density at radius 1 is 1.16 bits per heavy atom. The molecule has 32 heavy (non-hydrogen) atoms. The third kappa shape index (κ3) is 4.58. The molecule has 0 aliphatic carbocycles. The number of amides is 1. The zero-order chi connectivity index (χ0) is 22.7. The Labute approximate surface area is 189 Å². The lowest BCUT2D eigenvalue weighted by Crippen LogP contribution is -2.29. The fourth-order valence-corrected chi connectivity index (χ4v) is 4.22. The van der Waals surface area contributed by atoms with Crippen LogP contribution in [0.25, 0.3) is 10.8 Å². The Morgan fingerprint density at radius 2 is 1.88 bits per heavy atom. The highest BCUT2D eigenvalue weighted by Crippen LogP contribution is 2.23. The number of rotatable bonds is 6. The summed E-state index contributed by atoms with van der Waals surface area (Å²) in [5.41, 5.74) is 1.66.